The van der Waals surface area contributed by atoms with Crippen LogP contribution >= 0.6 is 0 Å². The molecule has 98 valence electrons. The zero-order valence-corrected chi connectivity index (χ0v) is 10.4. The molecule has 1 fully saturated rings. The number of amidine groups is 1. The van der Waals surface area contributed by atoms with Crippen molar-refractivity contribution >= 4 is 16.7 Å². The lowest BCUT2D eigenvalue weighted by molar-refractivity contribution is 0.289. The third-order valence-electron chi connectivity index (χ3n) is 3.24. The number of para-hydroxylation sites is 1. The highest BCUT2D eigenvalue weighted by atomic mass is 16.5. The number of benzene rings is 1. The normalized spacial score (nSPS) is 15.7. The van der Waals surface area contributed by atoms with Gasteiger partial charge in [-0.05, 0) is 24.8 Å². The first-order valence-electron chi connectivity index (χ1n) is 6.28. The maximum Gasteiger partial charge on any atom is 0.214 e. The number of aromatic nitrogens is 1. The molecule has 1 aromatic carbocycles. The lowest BCUT2D eigenvalue weighted by Crippen LogP contribution is -2.14. The minimum atomic E-state index is 0.0647. The Morgan fingerprint density at radius 1 is 1.42 bits per heavy atom. The van der Waals surface area contributed by atoms with Crippen molar-refractivity contribution in [2.75, 3.05) is 6.61 Å². The summed E-state index contributed by atoms with van der Waals surface area (Å²) in [7, 11) is 0. The van der Waals surface area contributed by atoms with Crippen molar-refractivity contribution in [1.82, 2.24) is 4.98 Å². The summed E-state index contributed by atoms with van der Waals surface area (Å²) in [4.78, 5) is 4.44. The van der Waals surface area contributed by atoms with Crippen LogP contribution in [-0.2, 0) is 0 Å². The van der Waals surface area contributed by atoms with Gasteiger partial charge in [-0.25, -0.2) is 4.98 Å². The maximum atomic E-state index is 8.87. The highest BCUT2D eigenvalue weighted by Gasteiger charge is 2.22. The first kappa shape index (κ1) is 11.8. The highest BCUT2D eigenvalue weighted by Crippen LogP contribution is 2.30. The lowest BCUT2D eigenvalue weighted by atomic mass is 10.1. The molecule has 1 aliphatic rings. The van der Waals surface area contributed by atoms with Gasteiger partial charge in [0.1, 0.15) is 0 Å². The fourth-order valence-electron chi connectivity index (χ4n) is 1.98. The topological polar surface area (TPSA) is 80.7 Å². The second-order valence-electron chi connectivity index (χ2n) is 4.76. The van der Waals surface area contributed by atoms with Crippen molar-refractivity contribution < 1.29 is 9.94 Å². The summed E-state index contributed by atoms with van der Waals surface area (Å²) in [6.07, 6.45) is 2.45. The van der Waals surface area contributed by atoms with E-state index in [9.17, 15) is 0 Å². The standard InChI is InChI=1S/C14H15N3O2/c15-14(17-18)11-7-13(19-8-9-5-6-9)16-12-4-2-1-3-10(11)12/h1-4,7,9,18H,5-6,8H2,(H2,15,17). The van der Waals surface area contributed by atoms with Crippen LogP contribution in [0.15, 0.2) is 35.5 Å². The molecule has 2 aromatic rings. The quantitative estimate of drug-likeness (QED) is 0.380. The molecule has 1 saturated carbocycles. The van der Waals surface area contributed by atoms with Gasteiger partial charge in [0.15, 0.2) is 5.84 Å². The molecule has 0 atom stereocenters. The molecule has 19 heavy (non-hydrogen) atoms. The molecule has 0 aliphatic heterocycles. The number of rotatable bonds is 4. The summed E-state index contributed by atoms with van der Waals surface area (Å²) in [5.41, 5.74) is 7.13. The zero-order chi connectivity index (χ0) is 13.2. The van der Waals surface area contributed by atoms with Crippen molar-refractivity contribution in [2.24, 2.45) is 16.8 Å². The van der Waals surface area contributed by atoms with Crippen LogP contribution in [0.4, 0.5) is 0 Å². The van der Waals surface area contributed by atoms with E-state index in [0.717, 1.165) is 10.9 Å². The first-order chi connectivity index (χ1) is 9.28. The van der Waals surface area contributed by atoms with Crippen molar-refractivity contribution in [3.8, 4) is 5.88 Å². The van der Waals surface area contributed by atoms with Crippen LogP contribution in [0.5, 0.6) is 5.88 Å². The molecular formula is C14H15N3O2. The molecule has 1 heterocycles. The Hall–Kier alpha value is -2.30. The predicted octanol–water partition coefficient (Wildman–Crippen LogP) is 2.12. The van der Waals surface area contributed by atoms with E-state index in [-0.39, 0.29) is 5.84 Å². The lowest BCUT2D eigenvalue weighted by Gasteiger charge is -2.09. The van der Waals surface area contributed by atoms with Crippen LogP contribution in [0.1, 0.15) is 18.4 Å². The fourth-order valence-corrected chi connectivity index (χ4v) is 1.98. The number of hydrogen-bond acceptors (Lipinski definition) is 4. The average Bonchev–Trinajstić information content (AvgIpc) is 3.27. The molecule has 0 saturated heterocycles. The fraction of sp³-hybridized carbons (Fsp3) is 0.286. The van der Waals surface area contributed by atoms with E-state index in [0.29, 0.717) is 24.0 Å². The van der Waals surface area contributed by atoms with Crippen LogP contribution < -0.4 is 10.5 Å². The predicted molar refractivity (Wildman–Crippen MR) is 72.5 cm³/mol. The van der Waals surface area contributed by atoms with E-state index in [1.807, 2.05) is 24.3 Å². The van der Waals surface area contributed by atoms with Gasteiger partial charge in [0.25, 0.3) is 0 Å². The van der Waals surface area contributed by atoms with E-state index in [4.69, 9.17) is 15.7 Å². The molecular weight excluding hydrogens is 242 g/mol. The van der Waals surface area contributed by atoms with Crippen molar-refractivity contribution in [3.63, 3.8) is 0 Å². The maximum absolute atomic E-state index is 8.87. The number of oxime groups is 1. The number of pyridine rings is 1. The van der Waals surface area contributed by atoms with Crippen LogP contribution in [0.3, 0.4) is 0 Å². The van der Waals surface area contributed by atoms with Gasteiger partial charge < -0.3 is 15.7 Å². The SMILES string of the molecule is NC(=NO)c1cc(OCC2CC2)nc2ccccc12. The van der Waals surface area contributed by atoms with Gasteiger partial charge in [-0.3, -0.25) is 0 Å². The van der Waals surface area contributed by atoms with E-state index >= 15 is 0 Å². The summed E-state index contributed by atoms with van der Waals surface area (Å²) in [6, 6.07) is 9.28. The first-order valence-corrected chi connectivity index (χ1v) is 6.28. The molecule has 5 nitrogen and oxygen atoms in total. The smallest absolute Gasteiger partial charge is 0.214 e. The van der Waals surface area contributed by atoms with Crippen LogP contribution in [0.25, 0.3) is 10.9 Å². The Morgan fingerprint density at radius 2 is 2.21 bits per heavy atom. The second-order valence-corrected chi connectivity index (χ2v) is 4.76. The third kappa shape index (κ3) is 2.45. The number of hydrogen-bond donors (Lipinski definition) is 2. The van der Waals surface area contributed by atoms with Crippen molar-refractivity contribution in [1.29, 1.82) is 0 Å². The summed E-state index contributed by atoms with van der Waals surface area (Å²) in [5, 5.41) is 12.8. The molecule has 0 radical (unpaired) electrons. The van der Waals surface area contributed by atoms with E-state index < -0.39 is 0 Å². The average molecular weight is 257 g/mol. The minimum Gasteiger partial charge on any atom is -0.477 e. The Labute approximate surface area is 110 Å². The number of nitrogens with zero attached hydrogens (tertiary/aromatic N) is 2. The van der Waals surface area contributed by atoms with Gasteiger partial charge in [-0.15, -0.1) is 0 Å². The summed E-state index contributed by atoms with van der Waals surface area (Å²) < 4.78 is 5.67. The Kier molecular flexibility index (Phi) is 2.95. The zero-order valence-electron chi connectivity index (χ0n) is 10.4. The molecule has 0 amide bonds. The Morgan fingerprint density at radius 3 is 2.95 bits per heavy atom. The molecule has 1 aliphatic carbocycles. The van der Waals surface area contributed by atoms with Crippen LogP contribution in [0.2, 0.25) is 0 Å². The van der Waals surface area contributed by atoms with Crippen molar-refractivity contribution in [3.05, 3.63) is 35.9 Å². The number of fused-ring (bicyclic) bond motifs is 1. The molecule has 0 bridgehead atoms. The van der Waals surface area contributed by atoms with Gasteiger partial charge in [0.05, 0.1) is 12.1 Å². The van der Waals surface area contributed by atoms with Gasteiger partial charge in [0.2, 0.25) is 5.88 Å². The van der Waals surface area contributed by atoms with Gasteiger partial charge >= 0.3 is 0 Å². The monoisotopic (exact) mass is 257 g/mol. The van der Waals surface area contributed by atoms with Crippen molar-refractivity contribution in [2.45, 2.75) is 12.8 Å². The molecule has 1 aromatic heterocycles. The second kappa shape index (κ2) is 4.76. The minimum absolute atomic E-state index is 0.0647. The molecule has 3 rings (SSSR count). The number of ether oxygens (including phenoxy) is 1. The molecule has 3 N–H and O–H groups in total. The summed E-state index contributed by atoms with van der Waals surface area (Å²) >= 11 is 0. The van der Waals surface area contributed by atoms with E-state index in [1.165, 1.54) is 12.8 Å². The Bertz CT molecular complexity index is 636. The molecule has 5 heteroatoms. The van der Waals surface area contributed by atoms with E-state index in [1.54, 1.807) is 6.07 Å². The van der Waals surface area contributed by atoms with E-state index in [2.05, 4.69) is 10.1 Å². The van der Waals surface area contributed by atoms with Gasteiger partial charge in [0, 0.05) is 17.0 Å². The third-order valence-corrected chi connectivity index (χ3v) is 3.24. The largest absolute Gasteiger partial charge is 0.477 e. The Balaban J connectivity index is 2.03. The summed E-state index contributed by atoms with van der Waals surface area (Å²) in [6.45, 7) is 0.682. The van der Waals surface area contributed by atoms with Crippen LogP contribution in [0, 0.1) is 5.92 Å². The number of nitrogens with two attached hydrogens (primary N) is 1. The van der Waals surface area contributed by atoms with Gasteiger partial charge in [-0.1, -0.05) is 23.4 Å². The molecule has 0 unspecified atom stereocenters. The highest BCUT2D eigenvalue weighted by molar-refractivity contribution is 6.08. The molecule has 0 spiro atoms. The summed E-state index contributed by atoms with van der Waals surface area (Å²) in [5.74, 6) is 1.24. The van der Waals surface area contributed by atoms with Crippen LogP contribution in [-0.4, -0.2) is 22.6 Å². The van der Waals surface area contributed by atoms with Gasteiger partial charge in [-0.2, -0.15) is 0 Å².